The first-order valence-corrected chi connectivity index (χ1v) is 9.38. The first-order chi connectivity index (χ1) is 10.5. The molecule has 0 unspecified atom stereocenters. The summed E-state index contributed by atoms with van der Waals surface area (Å²) in [5.74, 6) is 0.184. The summed E-state index contributed by atoms with van der Waals surface area (Å²) in [6, 6.07) is 0. The van der Waals surface area contributed by atoms with E-state index in [0.29, 0.717) is 0 Å². The third-order valence-corrected chi connectivity index (χ3v) is 3.38. The molecule has 1 nitrogen and oxygen atoms in total. The predicted molar refractivity (Wildman–Crippen MR) is 104 cm³/mol. The van der Waals surface area contributed by atoms with Gasteiger partial charge in [0.25, 0.3) is 0 Å². The first kappa shape index (κ1) is 26.1. The lowest BCUT2D eigenvalue weighted by molar-refractivity contribution is -0.113. The molecule has 0 aliphatic rings. The second-order valence-electron chi connectivity index (χ2n) is 5.37. The van der Waals surface area contributed by atoms with E-state index in [1.165, 1.54) is 44.1 Å². The number of carbonyl (C=O) groups is 1. The van der Waals surface area contributed by atoms with Crippen molar-refractivity contribution in [1.82, 2.24) is 0 Å². The van der Waals surface area contributed by atoms with E-state index in [0.717, 1.165) is 18.4 Å². The van der Waals surface area contributed by atoms with E-state index in [1.807, 2.05) is 39.8 Å². The Balaban J connectivity index is -0.000000339. The van der Waals surface area contributed by atoms with Crippen LogP contribution in [0.2, 0.25) is 0 Å². The SMILES string of the molecule is C/C=C\C(CCCC)=C(/C)C(C)=O.CC.CCCCCCC. The van der Waals surface area contributed by atoms with Crippen LogP contribution in [0.4, 0.5) is 0 Å². The molecule has 0 bridgehead atoms. The Morgan fingerprint density at radius 2 is 1.27 bits per heavy atom. The topological polar surface area (TPSA) is 17.1 Å². The maximum atomic E-state index is 11.1. The molecule has 0 aromatic rings. The van der Waals surface area contributed by atoms with Gasteiger partial charge in [-0.2, -0.15) is 0 Å². The molecule has 0 N–H and O–H groups in total. The van der Waals surface area contributed by atoms with Gasteiger partial charge in [-0.25, -0.2) is 0 Å². The molecule has 0 heterocycles. The lowest BCUT2D eigenvalue weighted by atomic mass is 10.0. The summed E-state index contributed by atoms with van der Waals surface area (Å²) < 4.78 is 0. The van der Waals surface area contributed by atoms with Crippen molar-refractivity contribution in [3.8, 4) is 0 Å². The maximum Gasteiger partial charge on any atom is 0.155 e. The number of rotatable bonds is 9. The standard InChI is InChI=1S/C12H20O.C7H16.C2H6/c1-5-7-9-12(8-6-2)10(3)11(4)13;1-3-5-7-6-4-2;1-2/h6,8H,5,7,9H2,1-4H3;3-7H2,1-2H3;1-2H3/b8-6-,12-10-;;. The summed E-state index contributed by atoms with van der Waals surface area (Å²) in [4.78, 5) is 11.1. The molecule has 0 radical (unpaired) electrons. The molecule has 0 rings (SSSR count). The highest BCUT2D eigenvalue weighted by molar-refractivity contribution is 5.93. The van der Waals surface area contributed by atoms with Crippen molar-refractivity contribution in [2.24, 2.45) is 0 Å². The Bertz CT molecular complexity index is 280. The van der Waals surface area contributed by atoms with Gasteiger partial charge in [-0.1, -0.05) is 85.3 Å². The van der Waals surface area contributed by atoms with Gasteiger partial charge in [0.1, 0.15) is 0 Å². The van der Waals surface area contributed by atoms with Gasteiger partial charge in [0, 0.05) is 0 Å². The van der Waals surface area contributed by atoms with Crippen LogP contribution in [0.15, 0.2) is 23.3 Å². The van der Waals surface area contributed by atoms with Crippen LogP contribution in [0.1, 0.15) is 107 Å². The van der Waals surface area contributed by atoms with E-state index in [4.69, 9.17) is 0 Å². The molecule has 0 aliphatic heterocycles. The molecule has 132 valence electrons. The summed E-state index contributed by atoms with van der Waals surface area (Å²) in [7, 11) is 0. The minimum atomic E-state index is 0.184. The number of hydrogen-bond donors (Lipinski definition) is 0. The predicted octanol–water partition coefficient (Wildman–Crippen LogP) is 7.66. The van der Waals surface area contributed by atoms with Gasteiger partial charge in [0.2, 0.25) is 0 Å². The van der Waals surface area contributed by atoms with E-state index >= 15 is 0 Å². The lowest BCUT2D eigenvalue weighted by Crippen LogP contribution is -1.96. The Labute approximate surface area is 141 Å². The van der Waals surface area contributed by atoms with E-state index in [-0.39, 0.29) is 5.78 Å². The zero-order valence-corrected chi connectivity index (χ0v) is 16.7. The van der Waals surface area contributed by atoms with Crippen molar-refractivity contribution in [2.75, 3.05) is 0 Å². The molecule has 0 amide bonds. The fourth-order valence-corrected chi connectivity index (χ4v) is 1.87. The van der Waals surface area contributed by atoms with Gasteiger partial charge in [0.15, 0.2) is 5.78 Å². The van der Waals surface area contributed by atoms with Crippen LogP contribution in [0.25, 0.3) is 0 Å². The molecular formula is C21H42O. The largest absolute Gasteiger partial charge is 0.295 e. The van der Waals surface area contributed by atoms with Crippen LogP contribution in [0.5, 0.6) is 0 Å². The second-order valence-corrected chi connectivity index (χ2v) is 5.37. The molecule has 1 heteroatoms. The lowest BCUT2D eigenvalue weighted by Gasteiger charge is -2.04. The fraction of sp³-hybridized carbons (Fsp3) is 0.762. The van der Waals surface area contributed by atoms with E-state index in [1.54, 1.807) is 6.92 Å². The quantitative estimate of drug-likeness (QED) is 0.243. The Kier molecular flexibility index (Phi) is 26.6. The highest BCUT2D eigenvalue weighted by atomic mass is 16.1. The molecule has 0 atom stereocenters. The van der Waals surface area contributed by atoms with Crippen LogP contribution in [-0.4, -0.2) is 5.78 Å². The molecule has 0 saturated heterocycles. The Hall–Kier alpha value is -0.850. The van der Waals surface area contributed by atoms with Crippen LogP contribution < -0.4 is 0 Å². The number of ketones is 1. The molecule has 22 heavy (non-hydrogen) atoms. The zero-order chi connectivity index (χ0) is 17.8. The third-order valence-electron chi connectivity index (χ3n) is 3.38. The summed E-state index contributed by atoms with van der Waals surface area (Å²) >= 11 is 0. The van der Waals surface area contributed by atoms with Gasteiger partial charge >= 0.3 is 0 Å². The molecule has 0 saturated carbocycles. The monoisotopic (exact) mass is 310 g/mol. The van der Waals surface area contributed by atoms with Crippen LogP contribution in [0.3, 0.4) is 0 Å². The van der Waals surface area contributed by atoms with E-state index in [2.05, 4.69) is 20.8 Å². The summed E-state index contributed by atoms with van der Waals surface area (Å²) in [6.45, 7) is 16.2. The van der Waals surface area contributed by atoms with Gasteiger partial charge in [0.05, 0.1) is 0 Å². The van der Waals surface area contributed by atoms with E-state index in [9.17, 15) is 4.79 Å². The van der Waals surface area contributed by atoms with Crippen molar-refractivity contribution in [2.45, 2.75) is 107 Å². The van der Waals surface area contributed by atoms with Crippen LogP contribution >= 0.6 is 0 Å². The van der Waals surface area contributed by atoms with Crippen molar-refractivity contribution in [1.29, 1.82) is 0 Å². The summed E-state index contributed by atoms with van der Waals surface area (Å²) in [5.41, 5.74) is 2.10. The number of allylic oxidation sites excluding steroid dienone is 4. The van der Waals surface area contributed by atoms with Gasteiger partial charge < -0.3 is 0 Å². The molecule has 0 aromatic heterocycles. The smallest absolute Gasteiger partial charge is 0.155 e. The van der Waals surface area contributed by atoms with Crippen molar-refractivity contribution in [3.05, 3.63) is 23.3 Å². The molecule has 0 aromatic carbocycles. The maximum absolute atomic E-state index is 11.1. The molecule has 0 spiro atoms. The Morgan fingerprint density at radius 3 is 1.59 bits per heavy atom. The van der Waals surface area contributed by atoms with Gasteiger partial charge in [-0.05, 0) is 44.8 Å². The van der Waals surface area contributed by atoms with Crippen molar-refractivity contribution < 1.29 is 4.79 Å². The fourth-order valence-electron chi connectivity index (χ4n) is 1.87. The molecule has 0 fully saturated rings. The summed E-state index contributed by atoms with van der Waals surface area (Å²) in [5, 5.41) is 0. The van der Waals surface area contributed by atoms with E-state index < -0.39 is 0 Å². The average molecular weight is 311 g/mol. The van der Waals surface area contributed by atoms with Crippen LogP contribution in [-0.2, 0) is 4.79 Å². The highest BCUT2D eigenvalue weighted by Crippen LogP contribution is 2.14. The molecule has 0 aliphatic carbocycles. The minimum absolute atomic E-state index is 0.184. The summed E-state index contributed by atoms with van der Waals surface area (Å²) in [6.07, 6.45) is 14.4. The average Bonchev–Trinajstić information content (AvgIpc) is 2.53. The highest BCUT2D eigenvalue weighted by Gasteiger charge is 2.02. The van der Waals surface area contributed by atoms with Crippen LogP contribution in [0, 0.1) is 0 Å². The molecular weight excluding hydrogens is 268 g/mol. The van der Waals surface area contributed by atoms with Gasteiger partial charge in [-0.3, -0.25) is 4.79 Å². The minimum Gasteiger partial charge on any atom is -0.295 e. The Morgan fingerprint density at radius 1 is 0.818 bits per heavy atom. The zero-order valence-electron chi connectivity index (χ0n) is 16.7. The normalized spacial score (nSPS) is 11.1. The van der Waals surface area contributed by atoms with Crippen molar-refractivity contribution >= 4 is 5.78 Å². The second kappa shape index (κ2) is 22.4. The number of unbranched alkanes of at least 4 members (excludes halogenated alkanes) is 5. The third kappa shape index (κ3) is 19.1. The van der Waals surface area contributed by atoms with Crippen molar-refractivity contribution in [3.63, 3.8) is 0 Å². The number of carbonyl (C=O) groups excluding carboxylic acids is 1. The number of hydrogen-bond acceptors (Lipinski definition) is 1. The van der Waals surface area contributed by atoms with Gasteiger partial charge in [-0.15, -0.1) is 0 Å². The first-order valence-electron chi connectivity index (χ1n) is 9.38. The number of Topliss-reactive ketones (excluding diaryl/α,β-unsaturated/α-hetero) is 1.